The van der Waals surface area contributed by atoms with Gasteiger partial charge in [-0.05, 0) is 51.7 Å². The molecule has 0 aromatic rings. The normalized spacial score (nSPS) is 20.4. The Balaban J connectivity index is 2.21. The Kier molecular flexibility index (Phi) is 7.28. The highest BCUT2D eigenvalue weighted by Crippen LogP contribution is 2.10. The van der Waals surface area contributed by atoms with Crippen molar-refractivity contribution in [1.82, 2.24) is 15.5 Å². The number of rotatable bonds is 7. The van der Waals surface area contributed by atoms with Gasteiger partial charge in [-0.2, -0.15) is 0 Å². The molecule has 0 spiro atoms. The van der Waals surface area contributed by atoms with Crippen molar-refractivity contribution >= 4 is 5.91 Å². The fraction of sp³-hybridized carbons (Fsp3) is 0.929. The second-order valence-electron chi connectivity index (χ2n) is 5.49. The zero-order chi connectivity index (χ0) is 13.4. The Bertz CT molecular complexity index is 235. The number of hydrogen-bond acceptors (Lipinski definition) is 3. The predicted octanol–water partition coefficient (Wildman–Crippen LogP) is 1.22. The van der Waals surface area contributed by atoms with E-state index in [1.54, 1.807) is 0 Å². The molecule has 4 nitrogen and oxygen atoms in total. The monoisotopic (exact) mass is 255 g/mol. The summed E-state index contributed by atoms with van der Waals surface area (Å²) in [6.45, 7) is 8.02. The molecule has 1 atom stereocenters. The maximum atomic E-state index is 11.9. The van der Waals surface area contributed by atoms with Crippen LogP contribution >= 0.6 is 0 Å². The molecule has 1 unspecified atom stereocenters. The molecule has 0 aliphatic carbocycles. The van der Waals surface area contributed by atoms with Gasteiger partial charge in [0.15, 0.2) is 0 Å². The molecule has 1 saturated heterocycles. The standard InChI is InChI=1S/C14H29N3O/c1-4-13(5-2)16-14(18)11-17(3)10-12-7-6-8-15-9-12/h12-13,15H,4-11H2,1-3H3,(H,16,18). The fourth-order valence-electron chi connectivity index (χ4n) is 2.60. The Morgan fingerprint density at radius 3 is 2.72 bits per heavy atom. The van der Waals surface area contributed by atoms with Gasteiger partial charge in [0.2, 0.25) is 5.91 Å². The van der Waals surface area contributed by atoms with E-state index in [1.807, 2.05) is 7.05 Å². The molecule has 1 rings (SSSR count). The third-order valence-electron chi connectivity index (χ3n) is 3.73. The SMILES string of the molecule is CCC(CC)NC(=O)CN(C)CC1CCCNC1. The third-order valence-corrected chi connectivity index (χ3v) is 3.73. The summed E-state index contributed by atoms with van der Waals surface area (Å²) < 4.78 is 0. The number of nitrogens with one attached hydrogen (secondary N) is 2. The van der Waals surface area contributed by atoms with Crippen molar-refractivity contribution in [2.24, 2.45) is 5.92 Å². The Morgan fingerprint density at radius 1 is 1.44 bits per heavy atom. The first-order chi connectivity index (χ1) is 8.65. The number of nitrogens with zero attached hydrogens (tertiary/aromatic N) is 1. The molecule has 0 radical (unpaired) electrons. The summed E-state index contributed by atoms with van der Waals surface area (Å²) in [5, 5.41) is 6.51. The summed E-state index contributed by atoms with van der Waals surface area (Å²) in [5.74, 6) is 0.861. The van der Waals surface area contributed by atoms with Crippen LogP contribution in [-0.2, 0) is 4.79 Å². The van der Waals surface area contributed by atoms with E-state index in [-0.39, 0.29) is 5.91 Å². The molecule has 2 N–H and O–H groups in total. The third kappa shape index (κ3) is 5.83. The van der Waals surface area contributed by atoms with Crippen molar-refractivity contribution in [2.45, 2.75) is 45.6 Å². The number of hydrogen-bond donors (Lipinski definition) is 2. The van der Waals surface area contributed by atoms with Crippen LogP contribution in [0, 0.1) is 5.92 Å². The molecule has 0 aromatic heterocycles. The first kappa shape index (κ1) is 15.4. The van der Waals surface area contributed by atoms with Crippen LogP contribution in [0.5, 0.6) is 0 Å². The quantitative estimate of drug-likeness (QED) is 0.719. The van der Waals surface area contributed by atoms with Gasteiger partial charge >= 0.3 is 0 Å². The van der Waals surface area contributed by atoms with Crippen LogP contribution in [-0.4, -0.2) is 50.1 Å². The van der Waals surface area contributed by atoms with Crippen molar-refractivity contribution in [3.63, 3.8) is 0 Å². The van der Waals surface area contributed by atoms with Crippen molar-refractivity contribution in [3.8, 4) is 0 Å². The number of piperidine rings is 1. The highest BCUT2D eigenvalue weighted by Gasteiger charge is 2.17. The topological polar surface area (TPSA) is 44.4 Å². The molecule has 0 aromatic carbocycles. The average molecular weight is 255 g/mol. The largest absolute Gasteiger partial charge is 0.352 e. The molecule has 1 aliphatic rings. The lowest BCUT2D eigenvalue weighted by atomic mass is 9.99. The van der Waals surface area contributed by atoms with Gasteiger partial charge in [-0.25, -0.2) is 0 Å². The molecule has 106 valence electrons. The van der Waals surface area contributed by atoms with Crippen LogP contribution in [0.2, 0.25) is 0 Å². The summed E-state index contributed by atoms with van der Waals surface area (Å²) in [7, 11) is 2.04. The Labute approximate surface area is 111 Å². The van der Waals surface area contributed by atoms with Crippen LogP contribution in [0.3, 0.4) is 0 Å². The van der Waals surface area contributed by atoms with Gasteiger partial charge in [0.05, 0.1) is 6.54 Å². The van der Waals surface area contributed by atoms with Crippen LogP contribution < -0.4 is 10.6 Å². The van der Waals surface area contributed by atoms with Crippen LogP contribution in [0.15, 0.2) is 0 Å². The molecule has 0 bridgehead atoms. The minimum absolute atomic E-state index is 0.162. The first-order valence-electron chi connectivity index (χ1n) is 7.34. The molecular weight excluding hydrogens is 226 g/mol. The van der Waals surface area contributed by atoms with Gasteiger partial charge in [-0.15, -0.1) is 0 Å². The van der Waals surface area contributed by atoms with Gasteiger partial charge in [-0.3, -0.25) is 9.69 Å². The summed E-state index contributed by atoms with van der Waals surface area (Å²) in [6.07, 6.45) is 4.57. The average Bonchev–Trinajstić information content (AvgIpc) is 2.36. The summed E-state index contributed by atoms with van der Waals surface area (Å²) in [6, 6.07) is 0.335. The number of amides is 1. The van der Waals surface area contributed by atoms with E-state index < -0.39 is 0 Å². The van der Waals surface area contributed by atoms with Crippen LogP contribution in [0.4, 0.5) is 0 Å². The predicted molar refractivity (Wildman–Crippen MR) is 75.6 cm³/mol. The second kappa shape index (κ2) is 8.48. The zero-order valence-electron chi connectivity index (χ0n) is 12.2. The van der Waals surface area contributed by atoms with E-state index in [2.05, 4.69) is 29.4 Å². The highest BCUT2D eigenvalue weighted by atomic mass is 16.2. The van der Waals surface area contributed by atoms with Gasteiger partial charge in [-0.1, -0.05) is 13.8 Å². The van der Waals surface area contributed by atoms with E-state index in [4.69, 9.17) is 0 Å². The van der Waals surface area contributed by atoms with E-state index in [9.17, 15) is 4.79 Å². The molecule has 1 fully saturated rings. The van der Waals surface area contributed by atoms with E-state index in [1.165, 1.54) is 12.8 Å². The maximum Gasteiger partial charge on any atom is 0.234 e. The lowest BCUT2D eigenvalue weighted by Crippen LogP contribution is -2.43. The van der Waals surface area contributed by atoms with Gasteiger partial charge < -0.3 is 10.6 Å². The van der Waals surface area contributed by atoms with Gasteiger partial charge in [0.25, 0.3) is 0 Å². The Hall–Kier alpha value is -0.610. The van der Waals surface area contributed by atoms with Crippen LogP contribution in [0.25, 0.3) is 0 Å². The molecule has 1 heterocycles. The van der Waals surface area contributed by atoms with E-state index in [0.717, 1.165) is 32.5 Å². The molecule has 18 heavy (non-hydrogen) atoms. The van der Waals surface area contributed by atoms with Gasteiger partial charge in [0, 0.05) is 12.6 Å². The Morgan fingerprint density at radius 2 is 2.17 bits per heavy atom. The number of carbonyl (C=O) groups excluding carboxylic acids is 1. The minimum atomic E-state index is 0.162. The van der Waals surface area contributed by atoms with Gasteiger partial charge in [0.1, 0.15) is 0 Å². The summed E-state index contributed by atoms with van der Waals surface area (Å²) in [5.41, 5.74) is 0. The number of carbonyl (C=O) groups is 1. The second-order valence-corrected chi connectivity index (χ2v) is 5.49. The maximum absolute atomic E-state index is 11.9. The van der Waals surface area contributed by atoms with Crippen molar-refractivity contribution in [1.29, 1.82) is 0 Å². The van der Waals surface area contributed by atoms with Crippen molar-refractivity contribution in [3.05, 3.63) is 0 Å². The van der Waals surface area contributed by atoms with Crippen LogP contribution in [0.1, 0.15) is 39.5 Å². The minimum Gasteiger partial charge on any atom is -0.352 e. The number of likely N-dealkylation sites (N-methyl/N-ethyl adjacent to an activating group) is 1. The first-order valence-corrected chi connectivity index (χ1v) is 7.34. The smallest absolute Gasteiger partial charge is 0.234 e. The lowest BCUT2D eigenvalue weighted by Gasteiger charge is -2.27. The van der Waals surface area contributed by atoms with Crippen molar-refractivity contribution < 1.29 is 4.79 Å². The highest BCUT2D eigenvalue weighted by molar-refractivity contribution is 5.78. The molecule has 1 aliphatic heterocycles. The van der Waals surface area contributed by atoms with E-state index >= 15 is 0 Å². The molecule has 4 heteroatoms. The fourth-order valence-corrected chi connectivity index (χ4v) is 2.60. The molecule has 1 amide bonds. The van der Waals surface area contributed by atoms with E-state index in [0.29, 0.717) is 18.5 Å². The molecular formula is C14H29N3O. The molecule has 0 saturated carbocycles. The van der Waals surface area contributed by atoms with Crippen molar-refractivity contribution in [2.75, 3.05) is 33.2 Å². The summed E-state index contributed by atoms with van der Waals surface area (Å²) in [4.78, 5) is 14.0. The zero-order valence-corrected chi connectivity index (χ0v) is 12.2. The summed E-state index contributed by atoms with van der Waals surface area (Å²) >= 11 is 0. The lowest BCUT2D eigenvalue weighted by molar-refractivity contribution is -0.122.